The molecule has 0 aliphatic heterocycles. The van der Waals surface area contributed by atoms with Crippen LogP contribution in [0.5, 0.6) is 0 Å². The summed E-state index contributed by atoms with van der Waals surface area (Å²) in [7, 11) is 2.12. The standard InChI is InChI=1S/C26H32N/c1-4-5-6-7-8-12-22-14-16-23(17-15-22)24-18-19-27(3)26(20-24)25-13-10-9-11-21(25)2/h9-11,13-20H,4-8,12H2,1-3H3/q+1. The van der Waals surface area contributed by atoms with Crippen LogP contribution in [-0.2, 0) is 13.5 Å². The third-order valence-electron chi connectivity index (χ3n) is 5.43. The van der Waals surface area contributed by atoms with Crippen molar-refractivity contribution in [3.63, 3.8) is 0 Å². The van der Waals surface area contributed by atoms with Crippen molar-refractivity contribution >= 4 is 0 Å². The smallest absolute Gasteiger partial charge is 0.201 e. The van der Waals surface area contributed by atoms with Crippen LogP contribution in [0.25, 0.3) is 22.4 Å². The Kier molecular flexibility index (Phi) is 6.81. The second-order valence-corrected chi connectivity index (χ2v) is 7.59. The number of hydrogen-bond acceptors (Lipinski definition) is 0. The number of hydrogen-bond donors (Lipinski definition) is 0. The Labute approximate surface area is 164 Å². The maximum Gasteiger partial charge on any atom is 0.213 e. The second kappa shape index (κ2) is 9.50. The Morgan fingerprint density at radius 3 is 2.26 bits per heavy atom. The van der Waals surface area contributed by atoms with Gasteiger partial charge in [-0.25, -0.2) is 4.57 Å². The average Bonchev–Trinajstić information content (AvgIpc) is 2.69. The van der Waals surface area contributed by atoms with Gasteiger partial charge in [-0.2, -0.15) is 0 Å². The Morgan fingerprint density at radius 2 is 1.52 bits per heavy atom. The molecule has 0 aliphatic rings. The van der Waals surface area contributed by atoms with Crippen molar-refractivity contribution in [1.82, 2.24) is 0 Å². The number of benzene rings is 2. The van der Waals surface area contributed by atoms with Crippen molar-refractivity contribution in [2.45, 2.75) is 52.4 Å². The van der Waals surface area contributed by atoms with Crippen LogP contribution in [0.3, 0.4) is 0 Å². The highest BCUT2D eigenvalue weighted by Crippen LogP contribution is 2.26. The fourth-order valence-corrected chi connectivity index (χ4v) is 3.67. The van der Waals surface area contributed by atoms with Gasteiger partial charge in [-0.3, -0.25) is 0 Å². The minimum atomic E-state index is 1.20. The van der Waals surface area contributed by atoms with E-state index in [0.29, 0.717) is 0 Å². The van der Waals surface area contributed by atoms with E-state index in [9.17, 15) is 0 Å². The molecule has 0 unspecified atom stereocenters. The van der Waals surface area contributed by atoms with Gasteiger partial charge in [-0.1, -0.05) is 75.1 Å². The van der Waals surface area contributed by atoms with Gasteiger partial charge < -0.3 is 0 Å². The van der Waals surface area contributed by atoms with E-state index in [1.165, 1.54) is 72.0 Å². The first-order chi connectivity index (χ1) is 13.2. The number of aryl methyl sites for hydroxylation is 3. The zero-order valence-corrected chi connectivity index (χ0v) is 17.0. The molecule has 1 nitrogen and oxygen atoms in total. The summed E-state index contributed by atoms with van der Waals surface area (Å²) in [6, 6.07) is 22.3. The number of aromatic nitrogens is 1. The van der Waals surface area contributed by atoms with Crippen molar-refractivity contribution in [1.29, 1.82) is 0 Å². The molecule has 0 radical (unpaired) electrons. The first kappa shape index (κ1) is 19.4. The van der Waals surface area contributed by atoms with Crippen molar-refractivity contribution in [2.24, 2.45) is 7.05 Å². The Balaban J connectivity index is 1.75. The lowest BCUT2D eigenvalue weighted by atomic mass is 9.98. The van der Waals surface area contributed by atoms with Crippen LogP contribution in [0.4, 0.5) is 0 Å². The first-order valence-electron chi connectivity index (χ1n) is 10.3. The van der Waals surface area contributed by atoms with Gasteiger partial charge in [0, 0.05) is 17.7 Å². The summed E-state index contributed by atoms with van der Waals surface area (Å²) in [6.07, 6.45) is 10.1. The van der Waals surface area contributed by atoms with Gasteiger partial charge in [0.25, 0.3) is 0 Å². The lowest BCUT2D eigenvalue weighted by Crippen LogP contribution is -2.30. The molecule has 1 heteroatoms. The molecule has 1 heterocycles. The van der Waals surface area contributed by atoms with Gasteiger partial charge in [-0.05, 0) is 48.1 Å². The summed E-state index contributed by atoms with van der Waals surface area (Å²) >= 11 is 0. The highest BCUT2D eigenvalue weighted by molar-refractivity contribution is 5.70. The van der Waals surface area contributed by atoms with E-state index in [-0.39, 0.29) is 0 Å². The van der Waals surface area contributed by atoms with Gasteiger partial charge >= 0.3 is 0 Å². The van der Waals surface area contributed by atoms with E-state index >= 15 is 0 Å². The van der Waals surface area contributed by atoms with Crippen molar-refractivity contribution in [2.75, 3.05) is 0 Å². The maximum absolute atomic E-state index is 2.31. The van der Waals surface area contributed by atoms with E-state index in [4.69, 9.17) is 0 Å². The molecule has 0 spiro atoms. The second-order valence-electron chi connectivity index (χ2n) is 7.59. The number of nitrogens with zero attached hydrogens (tertiary/aromatic N) is 1. The van der Waals surface area contributed by atoms with E-state index < -0.39 is 0 Å². The highest BCUT2D eigenvalue weighted by Gasteiger charge is 2.13. The number of rotatable bonds is 8. The highest BCUT2D eigenvalue weighted by atomic mass is 14.9. The average molecular weight is 359 g/mol. The molecule has 0 saturated heterocycles. The normalized spacial score (nSPS) is 10.9. The van der Waals surface area contributed by atoms with E-state index in [2.05, 4.69) is 92.3 Å². The summed E-state index contributed by atoms with van der Waals surface area (Å²) < 4.78 is 2.20. The Morgan fingerprint density at radius 1 is 0.778 bits per heavy atom. The third-order valence-corrected chi connectivity index (χ3v) is 5.43. The summed E-state index contributed by atoms with van der Waals surface area (Å²) in [5.74, 6) is 0. The molecule has 0 bridgehead atoms. The third kappa shape index (κ3) is 5.07. The van der Waals surface area contributed by atoms with Crippen LogP contribution in [0.2, 0.25) is 0 Å². The van der Waals surface area contributed by atoms with Gasteiger partial charge in [0.1, 0.15) is 7.05 Å². The van der Waals surface area contributed by atoms with E-state index in [1.54, 1.807) is 0 Å². The number of unbranched alkanes of at least 4 members (excludes halogenated alkanes) is 4. The van der Waals surface area contributed by atoms with E-state index in [1.807, 2.05) is 0 Å². The number of pyridine rings is 1. The molecular formula is C26H32N+. The summed E-state index contributed by atoms with van der Waals surface area (Å²) in [6.45, 7) is 4.45. The molecule has 1 aromatic heterocycles. The molecule has 27 heavy (non-hydrogen) atoms. The molecule has 3 aromatic rings. The quantitative estimate of drug-likeness (QED) is 0.313. The summed E-state index contributed by atoms with van der Waals surface area (Å²) in [4.78, 5) is 0. The van der Waals surface area contributed by atoms with Crippen LogP contribution in [0.15, 0.2) is 66.9 Å². The maximum atomic E-state index is 2.31. The lowest BCUT2D eigenvalue weighted by molar-refractivity contribution is -0.660. The molecule has 0 amide bonds. The van der Waals surface area contributed by atoms with Gasteiger partial charge in [0.05, 0.1) is 0 Å². The minimum Gasteiger partial charge on any atom is -0.201 e. The molecular weight excluding hydrogens is 326 g/mol. The SMILES string of the molecule is CCCCCCCc1ccc(-c2cc[n+](C)c(-c3ccccc3C)c2)cc1. The first-order valence-corrected chi connectivity index (χ1v) is 10.3. The molecule has 0 fully saturated rings. The summed E-state index contributed by atoms with van der Waals surface area (Å²) in [5, 5.41) is 0. The topological polar surface area (TPSA) is 3.88 Å². The molecule has 2 aromatic carbocycles. The van der Waals surface area contributed by atoms with Gasteiger partial charge in [0.2, 0.25) is 5.69 Å². The predicted octanol–water partition coefficient (Wildman–Crippen LogP) is 6.67. The van der Waals surface area contributed by atoms with E-state index in [0.717, 1.165) is 0 Å². The van der Waals surface area contributed by atoms with Crippen LogP contribution in [-0.4, -0.2) is 0 Å². The Bertz CT molecular complexity index is 862. The van der Waals surface area contributed by atoms with Crippen LogP contribution in [0, 0.1) is 6.92 Å². The molecule has 3 rings (SSSR count). The molecule has 0 saturated carbocycles. The predicted molar refractivity (Wildman–Crippen MR) is 116 cm³/mol. The van der Waals surface area contributed by atoms with Crippen LogP contribution >= 0.6 is 0 Å². The zero-order valence-electron chi connectivity index (χ0n) is 17.0. The lowest BCUT2D eigenvalue weighted by Gasteiger charge is -2.08. The molecule has 0 N–H and O–H groups in total. The van der Waals surface area contributed by atoms with Crippen molar-refractivity contribution in [3.05, 3.63) is 78.0 Å². The minimum absolute atomic E-state index is 1.20. The van der Waals surface area contributed by atoms with Crippen molar-refractivity contribution in [3.8, 4) is 22.4 Å². The van der Waals surface area contributed by atoms with Crippen LogP contribution in [0.1, 0.15) is 50.2 Å². The monoisotopic (exact) mass is 358 g/mol. The summed E-state index contributed by atoms with van der Waals surface area (Å²) in [5.41, 5.74) is 7.89. The van der Waals surface area contributed by atoms with Crippen molar-refractivity contribution < 1.29 is 4.57 Å². The molecule has 0 aliphatic carbocycles. The molecule has 0 atom stereocenters. The fourth-order valence-electron chi connectivity index (χ4n) is 3.67. The van der Waals surface area contributed by atoms with Crippen LogP contribution < -0.4 is 4.57 Å². The molecule has 140 valence electrons. The van der Waals surface area contributed by atoms with Gasteiger partial charge in [0.15, 0.2) is 6.20 Å². The van der Waals surface area contributed by atoms with Gasteiger partial charge in [-0.15, -0.1) is 0 Å². The largest absolute Gasteiger partial charge is 0.213 e. The Hall–Kier alpha value is -2.41. The zero-order chi connectivity index (χ0) is 19.1. The fraction of sp³-hybridized carbons (Fsp3) is 0.346.